The molecule has 0 aliphatic heterocycles. The Labute approximate surface area is 125 Å². The number of nitrogens with zero attached hydrogens (tertiary/aromatic N) is 1. The van der Waals surface area contributed by atoms with E-state index in [-0.39, 0.29) is 11.7 Å². The Morgan fingerprint density at radius 1 is 1.29 bits per heavy atom. The van der Waals surface area contributed by atoms with Crippen LogP contribution in [0.4, 0.5) is 4.39 Å². The van der Waals surface area contributed by atoms with Crippen LogP contribution >= 0.6 is 0 Å². The van der Waals surface area contributed by atoms with Crippen LogP contribution in [0.2, 0.25) is 0 Å². The van der Waals surface area contributed by atoms with Gasteiger partial charge in [0.25, 0.3) is 0 Å². The standard InChI is InChI=1S/C16H23FN2O2/c1-6-11(2)15(17)16(18-3)19-10-12-7-8-13(20-4)9-14(12)21-5/h7-9H,6,10H2,1-5H3,(H,18,19)/b15-11+. The maximum Gasteiger partial charge on any atom is 0.163 e. The second kappa shape index (κ2) is 8.29. The van der Waals surface area contributed by atoms with Gasteiger partial charge in [0.1, 0.15) is 11.5 Å². The predicted molar refractivity (Wildman–Crippen MR) is 83.8 cm³/mol. The zero-order valence-corrected chi connectivity index (χ0v) is 13.3. The first kappa shape index (κ1) is 17.0. The predicted octanol–water partition coefficient (Wildman–Crippen LogP) is 3.48. The van der Waals surface area contributed by atoms with Crippen LogP contribution in [0.1, 0.15) is 25.8 Å². The fourth-order valence-corrected chi connectivity index (χ4v) is 1.79. The number of ether oxygens (including phenoxy) is 2. The minimum absolute atomic E-state index is 0.257. The molecule has 0 heterocycles. The smallest absolute Gasteiger partial charge is 0.163 e. The van der Waals surface area contributed by atoms with Crippen molar-refractivity contribution in [2.24, 2.45) is 4.99 Å². The molecule has 5 heteroatoms. The van der Waals surface area contributed by atoms with E-state index in [4.69, 9.17) is 9.47 Å². The van der Waals surface area contributed by atoms with Gasteiger partial charge in [0.05, 0.1) is 14.2 Å². The molecular weight excluding hydrogens is 271 g/mol. The molecule has 4 nitrogen and oxygen atoms in total. The van der Waals surface area contributed by atoms with Crippen molar-refractivity contribution in [1.82, 2.24) is 5.32 Å². The van der Waals surface area contributed by atoms with Gasteiger partial charge in [-0.05, 0) is 31.1 Å². The highest BCUT2D eigenvalue weighted by Crippen LogP contribution is 2.24. The van der Waals surface area contributed by atoms with Gasteiger partial charge >= 0.3 is 0 Å². The Bertz CT molecular complexity index is 539. The topological polar surface area (TPSA) is 42.9 Å². The monoisotopic (exact) mass is 294 g/mol. The van der Waals surface area contributed by atoms with Crippen molar-refractivity contribution in [3.8, 4) is 11.5 Å². The van der Waals surface area contributed by atoms with Crippen LogP contribution in [0.15, 0.2) is 34.6 Å². The van der Waals surface area contributed by atoms with Crippen molar-refractivity contribution in [2.45, 2.75) is 26.8 Å². The first-order valence-corrected chi connectivity index (χ1v) is 6.84. The number of rotatable bonds is 6. The van der Waals surface area contributed by atoms with Crippen LogP contribution in [0, 0.1) is 0 Å². The Balaban J connectivity index is 2.88. The summed E-state index contributed by atoms with van der Waals surface area (Å²) in [4.78, 5) is 3.97. The Hall–Kier alpha value is -2.04. The number of allylic oxidation sites excluding steroid dienone is 1. The van der Waals surface area contributed by atoms with Gasteiger partial charge in [-0.15, -0.1) is 0 Å². The molecule has 116 valence electrons. The van der Waals surface area contributed by atoms with Crippen LogP contribution in [0.5, 0.6) is 11.5 Å². The van der Waals surface area contributed by atoms with Gasteiger partial charge in [-0.1, -0.05) is 6.92 Å². The molecule has 0 aromatic heterocycles. The quantitative estimate of drug-likeness (QED) is 0.645. The average molecular weight is 294 g/mol. The number of hydrogen-bond acceptors (Lipinski definition) is 3. The molecule has 0 unspecified atom stereocenters. The number of benzene rings is 1. The summed E-state index contributed by atoms with van der Waals surface area (Å²) in [6.07, 6.45) is 0.651. The molecular formula is C16H23FN2O2. The number of halogens is 1. The zero-order chi connectivity index (χ0) is 15.8. The molecule has 0 radical (unpaired) electrons. The number of methoxy groups -OCH3 is 2. The Morgan fingerprint density at radius 2 is 2.00 bits per heavy atom. The van der Waals surface area contributed by atoms with Crippen LogP contribution in [-0.2, 0) is 6.54 Å². The summed E-state index contributed by atoms with van der Waals surface area (Å²) in [6, 6.07) is 5.52. The lowest BCUT2D eigenvalue weighted by atomic mass is 10.1. The van der Waals surface area contributed by atoms with Crippen LogP contribution in [-0.4, -0.2) is 27.1 Å². The van der Waals surface area contributed by atoms with Gasteiger partial charge in [0.15, 0.2) is 11.7 Å². The van der Waals surface area contributed by atoms with E-state index in [1.54, 1.807) is 34.3 Å². The Kier molecular flexibility index (Phi) is 6.72. The van der Waals surface area contributed by atoms with E-state index in [9.17, 15) is 4.39 Å². The lowest BCUT2D eigenvalue weighted by molar-refractivity contribution is 0.390. The second-order valence-corrected chi connectivity index (χ2v) is 4.55. The van der Waals surface area contributed by atoms with E-state index in [0.29, 0.717) is 30.0 Å². The van der Waals surface area contributed by atoms with Crippen LogP contribution in [0.3, 0.4) is 0 Å². The highest BCUT2D eigenvalue weighted by atomic mass is 19.1. The van der Waals surface area contributed by atoms with E-state index in [1.807, 2.05) is 19.1 Å². The summed E-state index contributed by atoms with van der Waals surface area (Å²) in [5.74, 6) is 1.36. The number of nitrogens with one attached hydrogen (secondary N) is 1. The summed E-state index contributed by atoms with van der Waals surface area (Å²) < 4.78 is 24.6. The molecule has 0 amide bonds. The molecule has 1 aromatic carbocycles. The highest BCUT2D eigenvalue weighted by Gasteiger charge is 2.11. The van der Waals surface area contributed by atoms with Gasteiger partial charge in [-0.25, -0.2) is 4.39 Å². The third-order valence-electron chi connectivity index (χ3n) is 3.28. The van der Waals surface area contributed by atoms with E-state index < -0.39 is 0 Å². The van der Waals surface area contributed by atoms with Crippen molar-refractivity contribution in [2.75, 3.05) is 21.3 Å². The van der Waals surface area contributed by atoms with E-state index in [2.05, 4.69) is 10.3 Å². The third-order valence-corrected chi connectivity index (χ3v) is 3.28. The molecule has 1 rings (SSSR count). The molecule has 21 heavy (non-hydrogen) atoms. The summed E-state index contributed by atoms with van der Waals surface area (Å²) in [7, 11) is 4.76. The maximum atomic E-state index is 14.1. The molecule has 0 saturated heterocycles. The van der Waals surface area contributed by atoms with Gasteiger partial charge in [0, 0.05) is 25.2 Å². The average Bonchev–Trinajstić information content (AvgIpc) is 2.54. The summed E-state index contributed by atoms with van der Waals surface area (Å²) in [6.45, 7) is 4.09. The molecule has 0 aliphatic rings. The Morgan fingerprint density at radius 3 is 2.52 bits per heavy atom. The molecule has 0 saturated carbocycles. The number of hydrogen-bond donors (Lipinski definition) is 1. The molecule has 0 bridgehead atoms. The SMILES string of the molecule is CC/C(C)=C(/F)C(=NC)NCc1ccc(OC)cc1OC. The van der Waals surface area contributed by atoms with Crippen molar-refractivity contribution in [3.05, 3.63) is 35.2 Å². The van der Waals surface area contributed by atoms with Crippen LogP contribution < -0.4 is 14.8 Å². The first-order valence-electron chi connectivity index (χ1n) is 6.84. The minimum atomic E-state index is -0.299. The van der Waals surface area contributed by atoms with Crippen molar-refractivity contribution < 1.29 is 13.9 Å². The van der Waals surface area contributed by atoms with Crippen LogP contribution in [0.25, 0.3) is 0 Å². The third kappa shape index (κ3) is 4.48. The zero-order valence-electron chi connectivity index (χ0n) is 13.3. The minimum Gasteiger partial charge on any atom is -0.497 e. The van der Waals surface area contributed by atoms with Gasteiger partial charge in [-0.2, -0.15) is 0 Å². The largest absolute Gasteiger partial charge is 0.497 e. The molecule has 0 spiro atoms. The lowest BCUT2D eigenvalue weighted by Gasteiger charge is -2.13. The summed E-state index contributed by atoms with van der Waals surface area (Å²) in [5, 5.41) is 3.01. The van der Waals surface area contributed by atoms with E-state index in [1.165, 1.54) is 0 Å². The summed E-state index contributed by atoms with van der Waals surface area (Å²) in [5.41, 5.74) is 1.58. The number of amidine groups is 1. The second-order valence-electron chi connectivity index (χ2n) is 4.55. The van der Waals surface area contributed by atoms with Gasteiger partial charge < -0.3 is 14.8 Å². The first-order chi connectivity index (χ1) is 10.1. The fourth-order valence-electron chi connectivity index (χ4n) is 1.79. The molecule has 1 aromatic rings. The molecule has 0 aliphatic carbocycles. The maximum absolute atomic E-state index is 14.1. The van der Waals surface area contributed by atoms with Gasteiger partial charge in [-0.3, -0.25) is 4.99 Å². The molecule has 0 atom stereocenters. The van der Waals surface area contributed by atoms with Crippen molar-refractivity contribution in [1.29, 1.82) is 0 Å². The van der Waals surface area contributed by atoms with Crippen molar-refractivity contribution in [3.63, 3.8) is 0 Å². The van der Waals surface area contributed by atoms with E-state index in [0.717, 1.165) is 5.56 Å². The molecule has 1 N–H and O–H groups in total. The molecule has 0 fully saturated rings. The lowest BCUT2D eigenvalue weighted by Crippen LogP contribution is -2.24. The fraction of sp³-hybridized carbons (Fsp3) is 0.438. The normalized spacial score (nSPS) is 12.8. The number of aliphatic imine (C=N–C) groups is 1. The highest BCUT2D eigenvalue weighted by molar-refractivity contribution is 5.96. The summed E-state index contributed by atoms with van der Waals surface area (Å²) >= 11 is 0. The van der Waals surface area contributed by atoms with E-state index >= 15 is 0 Å². The van der Waals surface area contributed by atoms with Gasteiger partial charge in [0.2, 0.25) is 0 Å². The van der Waals surface area contributed by atoms with Crippen molar-refractivity contribution >= 4 is 5.84 Å².